The molecule has 2 aliphatic rings. The predicted molar refractivity (Wildman–Crippen MR) is 130 cm³/mol. The zero-order valence-corrected chi connectivity index (χ0v) is 18.8. The number of morpholine rings is 2. The van der Waals surface area contributed by atoms with E-state index in [0.29, 0.717) is 44.3 Å². The third-order valence-electron chi connectivity index (χ3n) is 5.41. The number of rotatable bonds is 7. The fourth-order valence-electron chi connectivity index (χ4n) is 3.66. The van der Waals surface area contributed by atoms with Crippen LogP contribution in [-0.4, -0.2) is 73.8 Å². The van der Waals surface area contributed by atoms with Crippen LogP contribution >= 0.6 is 0 Å². The van der Waals surface area contributed by atoms with E-state index in [1.807, 2.05) is 54.6 Å². The zero-order chi connectivity index (χ0) is 23.0. The average Bonchev–Trinajstić information content (AvgIpc) is 2.90. The first-order valence-electron chi connectivity index (χ1n) is 11.4. The number of aromatic nitrogens is 3. The van der Waals surface area contributed by atoms with Gasteiger partial charge in [0.05, 0.1) is 32.6 Å². The molecule has 0 atom stereocenters. The van der Waals surface area contributed by atoms with E-state index < -0.39 is 0 Å². The van der Waals surface area contributed by atoms with E-state index in [1.165, 1.54) is 0 Å². The normalized spacial score (nSPS) is 16.6. The third kappa shape index (κ3) is 5.77. The molecule has 10 nitrogen and oxygen atoms in total. The quantitative estimate of drug-likeness (QED) is 0.421. The van der Waals surface area contributed by atoms with Gasteiger partial charge in [-0.1, -0.05) is 30.3 Å². The number of para-hydroxylation sites is 1. The van der Waals surface area contributed by atoms with Crippen LogP contribution < -0.4 is 20.0 Å². The van der Waals surface area contributed by atoms with Gasteiger partial charge in [0.2, 0.25) is 17.8 Å². The molecular formula is C24H27N7O3. The molecule has 0 amide bonds. The predicted octanol–water partition coefficient (Wildman–Crippen LogP) is 2.78. The minimum atomic E-state index is 0.394. The van der Waals surface area contributed by atoms with E-state index in [0.717, 1.165) is 43.2 Å². The van der Waals surface area contributed by atoms with Gasteiger partial charge in [-0.2, -0.15) is 20.1 Å². The summed E-state index contributed by atoms with van der Waals surface area (Å²) in [5, 5.41) is 4.36. The van der Waals surface area contributed by atoms with Crippen LogP contribution in [0.2, 0.25) is 0 Å². The Kier molecular flexibility index (Phi) is 7.07. The minimum absolute atomic E-state index is 0.394. The second kappa shape index (κ2) is 10.9. The SMILES string of the molecule is C(=NNc1nc(N2CCOCC2)nc(N2CCOCC2)n1)c1cccc(Oc2ccccc2)c1. The van der Waals surface area contributed by atoms with Crippen LogP contribution in [0.15, 0.2) is 59.7 Å². The van der Waals surface area contributed by atoms with Crippen LogP contribution in [0.3, 0.4) is 0 Å². The summed E-state index contributed by atoms with van der Waals surface area (Å²) < 4.78 is 16.8. The van der Waals surface area contributed by atoms with Crippen molar-refractivity contribution in [3.8, 4) is 11.5 Å². The van der Waals surface area contributed by atoms with Crippen molar-refractivity contribution < 1.29 is 14.2 Å². The molecule has 10 heteroatoms. The summed E-state index contributed by atoms with van der Waals surface area (Å²) in [6, 6.07) is 17.4. The molecule has 0 spiro atoms. The van der Waals surface area contributed by atoms with Gasteiger partial charge in [-0.15, -0.1) is 0 Å². The second-order valence-electron chi connectivity index (χ2n) is 7.82. The Balaban J connectivity index is 1.31. The van der Waals surface area contributed by atoms with Crippen molar-refractivity contribution in [2.24, 2.45) is 5.10 Å². The van der Waals surface area contributed by atoms with Gasteiger partial charge < -0.3 is 24.0 Å². The molecule has 1 N–H and O–H groups in total. The molecule has 0 radical (unpaired) electrons. The van der Waals surface area contributed by atoms with Gasteiger partial charge in [0, 0.05) is 26.2 Å². The highest BCUT2D eigenvalue weighted by Gasteiger charge is 2.20. The smallest absolute Gasteiger partial charge is 0.250 e. The number of ether oxygens (including phenoxy) is 3. The fourth-order valence-corrected chi connectivity index (χ4v) is 3.66. The summed E-state index contributed by atoms with van der Waals surface area (Å²) >= 11 is 0. The third-order valence-corrected chi connectivity index (χ3v) is 5.41. The molecule has 0 aliphatic carbocycles. The van der Waals surface area contributed by atoms with Crippen molar-refractivity contribution in [1.29, 1.82) is 0 Å². The molecule has 34 heavy (non-hydrogen) atoms. The number of benzene rings is 2. The van der Waals surface area contributed by atoms with Gasteiger partial charge in [-0.25, -0.2) is 5.43 Å². The van der Waals surface area contributed by atoms with Gasteiger partial charge >= 0.3 is 0 Å². The molecule has 2 aliphatic heterocycles. The molecule has 2 aromatic carbocycles. The van der Waals surface area contributed by atoms with Gasteiger partial charge in [0.15, 0.2) is 0 Å². The van der Waals surface area contributed by atoms with Crippen molar-refractivity contribution in [2.45, 2.75) is 0 Å². The summed E-state index contributed by atoms with van der Waals surface area (Å²) in [7, 11) is 0. The summed E-state index contributed by atoms with van der Waals surface area (Å²) in [6.45, 7) is 5.57. The lowest BCUT2D eigenvalue weighted by molar-refractivity contribution is 0.121. The topological polar surface area (TPSA) is 97.2 Å². The number of hydrogen-bond acceptors (Lipinski definition) is 10. The summed E-state index contributed by atoms with van der Waals surface area (Å²) in [5.41, 5.74) is 3.86. The van der Waals surface area contributed by atoms with Crippen LogP contribution in [0.1, 0.15) is 5.56 Å². The highest BCUT2D eigenvalue weighted by Crippen LogP contribution is 2.22. The Labute approximate surface area is 198 Å². The summed E-state index contributed by atoms with van der Waals surface area (Å²) in [6.07, 6.45) is 1.71. The van der Waals surface area contributed by atoms with Crippen LogP contribution in [-0.2, 0) is 9.47 Å². The number of nitrogens with one attached hydrogen (secondary N) is 1. The molecule has 3 heterocycles. The number of nitrogens with zero attached hydrogens (tertiary/aromatic N) is 6. The van der Waals surface area contributed by atoms with Crippen molar-refractivity contribution in [3.05, 3.63) is 60.2 Å². The molecule has 0 saturated carbocycles. The maximum absolute atomic E-state index is 5.90. The van der Waals surface area contributed by atoms with Crippen molar-refractivity contribution >= 4 is 24.1 Å². The van der Waals surface area contributed by atoms with E-state index >= 15 is 0 Å². The highest BCUT2D eigenvalue weighted by molar-refractivity contribution is 5.80. The lowest BCUT2D eigenvalue weighted by atomic mass is 10.2. The first kappa shape index (κ1) is 22.1. The van der Waals surface area contributed by atoms with E-state index in [2.05, 4.69) is 30.3 Å². The summed E-state index contributed by atoms with van der Waals surface area (Å²) in [4.78, 5) is 18.1. The number of hydrogen-bond donors (Lipinski definition) is 1. The Morgan fingerprint density at radius 3 is 2.03 bits per heavy atom. The monoisotopic (exact) mass is 461 g/mol. The van der Waals surface area contributed by atoms with Gasteiger partial charge in [-0.05, 0) is 29.8 Å². The molecule has 2 fully saturated rings. The average molecular weight is 462 g/mol. The Hall–Kier alpha value is -3.76. The highest BCUT2D eigenvalue weighted by atomic mass is 16.5. The van der Waals surface area contributed by atoms with Crippen LogP contribution in [0.5, 0.6) is 11.5 Å². The maximum Gasteiger partial charge on any atom is 0.250 e. The first-order chi connectivity index (χ1) is 16.8. The van der Waals surface area contributed by atoms with E-state index in [1.54, 1.807) is 6.21 Å². The maximum atomic E-state index is 5.90. The standard InChI is InChI=1S/C24H27N7O3/c1-2-6-20(7-3-1)34-21-8-4-5-19(17-21)18-25-29-22-26-23(30-9-13-32-14-10-30)28-24(27-22)31-11-15-33-16-12-31/h1-8,17-18H,9-16H2,(H,26,27,28,29). The van der Waals surface area contributed by atoms with E-state index in [4.69, 9.17) is 19.2 Å². The molecule has 2 saturated heterocycles. The molecule has 3 aromatic rings. The van der Waals surface area contributed by atoms with Crippen molar-refractivity contribution in [3.63, 3.8) is 0 Å². The molecule has 0 unspecified atom stereocenters. The Morgan fingerprint density at radius 2 is 1.38 bits per heavy atom. The van der Waals surface area contributed by atoms with Crippen molar-refractivity contribution in [1.82, 2.24) is 15.0 Å². The largest absolute Gasteiger partial charge is 0.457 e. The Bertz CT molecular complexity index is 1060. The molecule has 0 bridgehead atoms. The molecule has 5 rings (SSSR count). The van der Waals surface area contributed by atoms with E-state index in [-0.39, 0.29) is 0 Å². The minimum Gasteiger partial charge on any atom is -0.457 e. The second-order valence-corrected chi connectivity index (χ2v) is 7.82. The van der Waals surface area contributed by atoms with Crippen molar-refractivity contribution in [2.75, 3.05) is 67.8 Å². The number of hydrazone groups is 1. The van der Waals surface area contributed by atoms with Gasteiger partial charge in [0.1, 0.15) is 11.5 Å². The molecule has 1 aromatic heterocycles. The molecular weight excluding hydrogens is 434 g/mol. The molecule has 176 valence electrons. The summed E-state index contributed by atoms with van der Waals surface area (Å²) in [5.74, 6) is 3.16. The van der Waals surface area contributed by atoms with Gasteiger partial charge in [-0.3, -0.25) is 0 Å². The fraction of sp³-hybridized carbons (Fsp3) is 0.333. The first-order valence-corrected chi connectivity index (χ1v) is 11.4. The van der Waals surface area contributed by atoms with E-state index in [9.17, 15) is 0 Å². The van der Waals surface area contributed by atoms with Crippen LogP contribution in [0.25, 0.3) is 0 Å². The lowest BCUT2D eigenvalue weighted by Crippen LogP contribution is -2.40. The zero-order valence-electron chi connectivity index (χ0n) is 18.8. The number of anilines is 3. The van der Waals surface area contributed by atoms with Gasteiger partial charge in [0.25, 0.3) is 0 Å². The Morgan fingerprint density at radius 1 is 0.765 bits per heavy atom. The lowest BCUT2D eigenvalue weighted by Gasteiger charge is -2.30. The van der Waals surface area contributed by atoms with Crippen LogP contribution in [0, 0.1) is 0 Å². The van der Waals surface area contributed by atoms with Crippen LogP contribution in [0.4, 0.5) is 17.8 Å².